The maximum absolute atomic E-state index is 11.6. The molecule has 2 N–H and O–H groups in total. The minimum Gasteiger partial charge on any atom is -0.495 e. The van der Waals surface area contributed by atoms with Crippen molar-refractivity contribution in [1.29, 1.82) is 0 Å². The van der Waals surface area contributed by atoms with E-state index < -0.39 is 11.5 Å². The molecule has 0 radical (unpaired) electrons. The van der Waals surface area contributed by atoms with Crippen LogP contribution in [-0.4, -0.2) is 23.7 Å². The Morgan fingerprint density at radius 1 is 1.35 bits per heavy atom. The Hall–Kier alpha value is -0.590. The minimum absolute atomic E-state index is 0.484. The maximum Gasteiger partial charge on any atom is 0.255 e. The number of anilines is 1. The van der Waals surface area contributed by atoms with Crippen LogP contribution >= 0.6 is 31.9 Å². The first-order valence-corrected chi connectivity index (χ1v) is 6.41. The van der Waals surface area contributed by atoms with E-state index in [-0.39, 0.29) is 0 Å². The quantitative estimate of drug-likeness (QED) is 0.864. The summed E-state index contributed by atoms with van der Waals surface area (Å²) in [6.07, 6.45) is 0. The molecule has 1 rings (SSSR count). The lowest BCUT2D eigenvalue weighted by Crippen LogP contribution is -2.36. The van der Waals surface area contributed by atoms with Gasteiger partial charge in [0, 0.05) is 10.5 Å². The third-order valence-corrected chi connectivity index (χ3v) is 3.32. The number of ether oxygens (including phenoxy) is 1. The number of aliphatic hydroxyl groups is 1. The normalized spacial score (nSPS) is 11.2. The van der Waals surface area contributed by atoms with Gasteiger partial charge in [0.05, 0.1) is 17.3 Å². The second kappa shape index (κ2) is 5.37. The zero-order chi connectivity index (χ0) is 13.2. The lowest BCUT2D eigenvalue weighted by atomic mass is 10.1. The van der Waals surface area contributed by atoms with E-state index in [1.807, 2.05) is 0 Å². The number of halogens is 2. The fraction of sp³-hybridized carbons (Fsp3) is 0.364. The highest BCUT2D eigenvalue weighted by atomic mass is 79.9. The molecule has 0 atom stereocenters. The molecule has 1 aromatic rings. The molecule has 0 aliphatic heterocycles. The highest BCUT2D eigenvalue weighted by Gasteiger charge is 2.24. The Morgan fingerprint density at radius 3 is 2.41 bits per heavy atom. The topological polar surface area (TPSA) is 58.6 Å². The summed E-state index contributed by atoms with van der Waals surface area (Å²) in [6.45, 7) is 2.85. The van der Waals surface area contributed by atoms with Gasteiger partial charge in [-0.25, -0.2) is 0 Å². The summed E-state index contributed by atoms with van der Waals surface area (Å²) < 4.78 is 6.59. The van der Waals surface area contributed by atoms with Gasteiger partial charge in [0.2, 0.25) is 0 Å². The van der Waals surface area contributed by atoms with Crippen molar-refractivity contribution in [2.45, 2.75) is 19.4 Å². The summed E-state index contributed by atoms with van der Waals surface area (Å²) in [5, 5.41) is 12.2. The van der Waals surface area contributed by atoms with Crippen LogP contribution < -0.4 is 10.1 Å². The van der Waals surface area contributed by atoms with Crippen molar-refractivity contribution in [3.05, 3.63) is 21.1 Å². The van der Waals surface area contributed by atoms with E-state index in [0.29, 0.717) is 15.9 Å². The Labute approximate surface area is 117 Å². The van der Waals surface area contributed by atoms with Crippen LogP contribution in [-0.2, 0) is 4.79 Å². The van der Waals surface area contributed by atoms with Crippen LogP contribution in [0.3, 0.4) is 0 Å². The van der Waals surface area contributed by atoms with Gasteiger partial charge in [-0.2, -0.15) is 0 Å². The van der Waals surface area contributed by atoms with Gasteiger partial charge < -0.3 is 15.2 Å². The third-order valence-electron chi connectivity index (χ3n) is 2.05. The van der Waals surface area contributed by atoms with Crippen LogP contribution in [0.4, 0.5) is 5.69 Å². The highest BCUT2D eigenvalue weighted by Crippen LogP contribution is 2.34. The molecule has 0 aliphatic carbocycles. The van der Waals surface area contributed by atoms with Crippen molar-refractivity contribution in [3.63, 3.8) is 0 Å². The number of hydrogen-bond acceptors (Lipinski definition) is 3. The van der Waals surface area contributed by atoms with E-state index in [2.05, 4.69) is 37.2 Å². The molecule has 1 amide bonds. The summed E-state index contributed by atoms with van der Waals surface area (Å²) in [6, 6.07) is 3.43. The summed E-state index contributed by atoms with van der Waals surface area (Å²) in [5.74, 6) is 0.113. The second-order valence-electron chi connectivity index (χ2n) is 3.98. The van der Waals surface area contributed by atoms with Gasteiger partial charge in [0.25, 0.3) is 5.91 Å². The lowest BCUT2D eigenvalue weighted by molar-refractivity contribution is -0.130. The van der Waals surface area contributed by atoms with E-state index in [0.717, 1.165) is 4.47 Å². The van der Waals surface area contributed by atoms with Gasteiger partial charge in [0.15, 0.2) is 0 Å². The largest absolute Gasteiger partial charge is 0.495 e. The van der Waals surface area contributed by atoms with Gasteiger partial charge in [-0.1, -0.05) is 0 Å². The van der Waals surface area contributed by atoms with Crippen LogP contribution in [0.2, 0.25) is 0 Å². The summed E-state index contributed by atoms with van der Waals surface area (Å²) in [7, 11) is 1.54. The van der Waals surface area contributed by atoms with Crippen molar-refractivity contribution in [2.75, 3.05) is 12.4 Å². The Kier molecular flexibility index (Phi) is 4.57. The predicted molar refractivity (Wildman–Crippen MR) is 73.3 cm³/mol. The molecule has 0 saturated heterocycles. The lowest BCUT2D eigenvalue weighted by Gasteiger charge is -2.18. The number of carbonyl (C=O) groups is 1. The van der Waals surface area contributed by atoms with Gasteiger partial charge in [0.1, 0.15) is 11.4 Å². The van der Waals surface area contributed by atoms with Gasteiger partial charge >= 0.3 is 0 Å². The molecule has 0 unspecified atom stereocenters. The average molecular weight is 367 g/mol. The first-order valence-electron chi connectivity index (χ1n) is 4.82. The molecule has 1 aromatic carbocycles. The number of methoxy groups -OCH3 is 1. The van der Waals surface area contributed by atoms with Crippen LogP contribution in [0.1, 0.15) is 13.8 Å². The van der Waals surface area contributed by atoms with E-state index >= 15 is 0 Å². The smallest absolute Gasteiger partial charge is 0.255 e. The summed E-state index contributed by atoms with van der Waals surface area (Å²) in [5.41, 5.74) is -0.892. The van der Waals surface area contributed by atoms with Crippen LogP contribution in [0.15, 0.2) is 21.1 Å². The van der Waals surface area contributed by atoms with E-state index in [1.54, 1.807) is 12.1 Å². The Morgan fingerprint density at radius 2 is 1.94 bits per heavy atom. The molecule has 0 aromatic heterocycles. The van der Waals surface area contributed by atoms with E-state index in [9.17, 15) is 9.90 Å². The molecule has 0 fully saturated rings. The molecular weight excluding hydrogens is 354 g/mol. The SMILES string of the molecule is COc1cc(NC(=O)C(C)(C)O)c(Br)cc1Br. The zero-order valence-electron chi connectivity index (χ0n) is 9.67. The van der Waals surface area contributed by atoms with Gasteiger partial charge in [-0.3, -0.25) is 4.79 Å². The maximum atomic E-state index is 11.6. The number of carbonyl (C=O) groups excluding carboxylic acids is 1. The standard InChI is InChI=1S/C11H13Br2NO3/c1-11(2,16)10(15)14-8-5-9(17-3)7(13)4-6(8)12/h4-5,16H,1-3H3,(H,14,15). The molecule has 17 heavy (non-hydrogen) atoms. The molecule has 4 nitrogen and oxygen atoms in total. The van der Waals surface area contributed by atoms with Crippen LogP contribution in [0.25, 0.3) is 0 Å². The second-order valence-corrected chi connectivity index (χ2v) is 5.69. The predicted octanol–water partition coefficient (Wildman–Crippen LogP) is 2.93. The van der Waals surface area contributed by atoms with Crippen molar-refractivity contribution in [1.82, 2.24) is 0 Å². The molecule has 94 valence electrons. The molecule has 0 bridgehead atoms. The fourth-order valence-electron chi connectivity index (χ4n) is 1.06. The van der Waals surface area contributed by atoms with Crippen molar-refractivity contribution >= 4 is 43.5 Å². The molecule has 0 heterocycles. The summed E-state index contributed by atoms with van der Waals surface area (Å²) in [4.78, 5) is 11.6. The average Bonchev–Trinajstić information content (AvgIpc) is 2.20. The highest BCUT2D eigenvalue weighted by molar-refractivity contribution is 9.11. The zero-order valence-corrected chi connectivity index (χ0v) is 12.8. The number of amides is 1. The Bertz CT molecular complexity index is 441. The minimum atomic E-state index is -1.43. The Balaban J connectivity index is 3.03. The van der Waals surface area contributed by atoms with Gasteiger partial charge in [-0.05, 0) is 51.8 Å². The number of nitrogens with one attached hydrogen (secondary N) is 1. The molecule has 0 aliphatic rings. The van der Waals surface area contributed by atoms with E-state index in [4.69, 9.17) is 4.74 Å². The monoisotopic (exact) mass is 365 g/mol. The first kappa shape index (κ1) is 14.5. The van der Waals surface area contributed by atoms with Crippen molar-refractivity contribution in [2.24, 2.45) is 0 Å². The van der Waals surface area contributed by atoms with Crippen molar-refractivity contribution in [3.8, 4) is 5.75 Å². The van der Waals surface area contributed by atoms with E-state index in [1.165, 1.54) is 21.0 Å². The molecule has 6 heteroatoms. The van der Waals surface area contributed by atoms with Crippen molar-refractivity contribution < 1.29 is 14.6 Å². The first-order chi connectivity index (χ1) is 7.75. The fourth-order valence-corrected chi connectivity index (χ4v) is 2.31. The van der Waals surface area contributed by atoms with Gasteiger partial charge in [-0.15, -0.1) is 0 Å². The number of rotatable bonds is 3. The van der Waals surface area contributed by atoms with Crippen LogP contribution in [0, 0.1) is 0 Å². The molecule has 0 saturated carbocycles. The number of benzene rings is 1. The molecular formula is C11H13Br2NO3. The van der Waals surface area contributed by atoms with Crippen LogP contribution in [0.5, 0.6) is 5.75 Å². The third kappa shape index (κ3) is 3.69. The summed E-state index contributed by atoms with van der Waals surface area (Å²) >= 11 is 6.65. The number of hydrogen-bond donors (Lipinski definition) is 2. The molecule has 0 spiro atoms.